The van der Waals surface area contributed by atoms with Gasteiger partial charge in [0, 0.05) is 44.0 Å². The van der Waals surface area contributed by atoms with Crippen molar-refractivity contribution >= 4 is 140 Å². The molecule has 3 aliphatic heterocycles. The van der Waals surface area contributed by atoms with Gasteiger partial charge < -0.3 is 112 Å². The summed E-state index contributed by atoms with van der Waals surface area (Å²) in [4.78, 5) is 236. The summed E-state index contributed by atoms with van der Waals surface area (Å²) >= 11 is 1.26. The summed E-state index contributed by atoms with van der Waals surface area (Å²) in [6, 6.07) is -18.7. The lowest BCUT2D eigenvalue weighted by atomic mass is 10.0. The summed E-state index contributed by atoms with van der Waals surface area (Å²) < 4.78 is 0. The first-order valence-corrected chi connectivity index (χ1v) is 36.4. The molecule has 12 atom stereocenters. The van der Waals surface area contributed by atoms with E-state index in [0.29, 0.717) is 0 Å². The quantitative estimate of drug-likeness (QED) is 0.0233. The van der Waals surface area contributed by atoms with Crippen molar-refractivity contribution in [2.24, 2.45) is 39.8 Å². The van der Waals surface area contributed by atoms with Crippen molar-refractivity contribution in [2.75, 3.05) is 62.8 Å². The first kappa shape index (κ1) is 86.5. The fourth-order valence-corrected chi connectivity index (χ4v) is 13.3. The molecule has 101 heavy (non-hydrogen) atoms. The van der Waals surface area contributed by atoms with E-state index in [1.54, 1.807) is 20.1 Å². The number of nitrogens with two attached hydrogens (primary N) is 4. The van der Waals surface area contributed by atoms with E-state index < -0.39 is 231 Å². The number of hydrogen-bond acceptors (Lipinski definition) is 23. The Morgan fingerprint density at radius 2 is 1.05 bits per heavy atom. The topological polar surface area (TPSA) is 626 Å². The SMILES string of the molecule is CSCC[C@@H]1NC(=O)[C@H](CCC(=O)O)NC(=O)[C@@H]2CCCN2C(=O)CNC(=O)[C@@H](N)CSSC[C@@H](C(=O)O)NC(=O)CNC(=O)[C@@H]2CCCN2C(=O)[C@H](CCC(=O)O)NC(=O)[C@H](CO)NC(=O)[C@H](C(C)C)NC(=O)[C@H](CCCN=C(N)N)NC(=O)[C@H](CC(N)=O)NC(=O)[C@H](CC(C)C)NC1=O. The zero-order valence-electron chi connectivity index (χ0n) is 56.7. The summed E-state index contributed by atoms with van der Waals surface area (Å²) in [7, 11) is 1.83. The number of nitrogens with zero attached hydrogens (tertiary/aromatic N) is 3. The van der Waals surface area contributed by atoms with Gasteiger partial charge in [-0.25, -0.2) is 4.79 Å². The number of rotatable bonds is 20. The molecule has 0 saturated carbocycles. The van der Waals surface area contributed by atoms with Crippen LogP contribution in [0.4, 0.5) is 0 Å². The van der Waals surface area contributed by atoms with Gasteiger partial charge in [0.2, 0.25) is 82.7 Å². The van der Waals surface area contributed by atoms with Crippen molar-refractivity contribution in [3.63, 3.8) is 0 Å². The molecule has 566 valence electrons. The Kier molecular flexibility index (Phi) is 37.5. The van der Waals surface area contributed by atoms with E-state index in [1.807, 2.05) is 0 Å². The predicted octanol–water partition coefficient (Wildman–Crippen LogP) is -7.52. The van der Waals surface area contributed by atoms with Crippen LogP contribution in [0.5, 0.6) is 0 Å². The molecule has 3 saturated heterocycles. The van der Waals surface area contributed by atoms with Gasteiger partial charge in [0.05, 0.1) is 32.2 Å². The summed E-state index contributed by atoms with van der Waals surface area (Å²) in [5.41, 5.74) is 22.7. The maximum absolute atomic E-state index is 14.4. The Morgan fingerprint density at radius 1 is 0.564 bits per heavy atom. The lowest BCUT2D eigenvalue weighted by Crippen LogP contribution is -2.62. The fourth-order valence-electron chi connectivity index (χ4n) is 10.6. The highest BCUT2D eigenvalue weighted by atomic mass is 33.1. The first-order chi connectivity index (χ1) is 47.6. The second-order valence-electron chi connectivity index (χ2n) is 24.7. The third-order valence-corrected chi connectivity index (χ3v) is 19.0. The Balaban J connectivity index is 2.10. The highest BCUT2D eigenvalue weighted by Crippen LogP contribution is 2.24. The Hall–Kier alpha value is -8.77. The van der Waals surface area contributed by atoms with Crippen LogP contribution in [-0.4, -0.2) is 272 Å². The minimum absolute atomic E-state index is 0.0157. The number of guanidine groups is 1. The molecule has 3 fully saturated rings. The smallest absolute Gasteiger partial charge is 0.327 e. The van der Waals surface area contributed by atoms with Crippen LogP contribution in [0, 0.1) is 11.8 Å². The number of aliphatic hydroxyl groups excluding tert-OH is 1. The number of aliphatic carboxylic acids is 3. The van der Waals surface area contributed by atoms with Crippen LogP contribution >= 0.6 is 33.3 Å². The molecule has 42 heteroatoms. The van der Waals surface area contributed by atoms with Gasteiger partial charge in [-0.3, -0.25) is 81.7 Å². The number of thioether (sulfide) groups is 1. The third-order valence-electron chi connectivity index (χ3n) is 15.9. The minimum atomic E-state index is -1.90. The molecule has 3 heterocycles. The van der Waals surface area contributed by atoms with Gasteiger partial charge in [-0.15, -0.1) is 0 Å². The molecule has 3 aliphatic rings. The van der Waals surface area contributed by atoms with Crippen molar-refractivity contribution in [3.8, 4) is 0 Å². The van der Waals surface area contributed by atoms with E-state index in [1.165, 1.54) is 25.6 Å². The van der Waals surface area contributed by atoms with E-state index >= 15 is 0 Å². The third kappa shape index (κ3) is 30.1. The molecule has 0 spiro atoms. The monoisotopic (exact) mass is 1490 g/mol. The highest BCUT2D eigenvalue weighted by Gasteiger charge is 2.42. The number of carbonyl (C=O) groups excluding carboxylic acids is 14. The molecule has 0 radical (unpaired) electrons. The maximum Gasteiger partial charge on any atom is 0.327 e. The molecule has 0 aromatic heterocycles. The average Bonchev–Trinajstić information content (AvgIpc) is 1.77. The number of nitrogens with one attached hydrogen (secondary N) is 11. The summed E-state index contributed by atoms with van der Waals surface area (Å²) in [5.74, 6) is -20.1. The lowest BCUT2D eigenvalue weighted by molar-refractivity contribution is -0.144. The van der Waals surface area contributed by atoms with Gasteiger partial charge in [0.1, 0.15) is 66.5 Å². The van der Waals surface area contributed by atoms with E-state index in [9.17, 15) is 102 Å². The molecule has 14 amide bonds. The summed E-state index contributed by atoms with van der Waals surface area (Å²) in [6.45, 7) is 3.50. The number of carboxylic acids is 3. The van der Waals surface area contributed by atoms with Crippen molar-refractivity contribution in [1.29, 1.82) is 0 Å². The standard InChI is InChI=1S/C59H96N18O21S3/c1-28(2)21-35-51(90)73-36(22-41(61)79)52(91)68-31(9-6-17-64-59(62)63)50(89)75-46(29(3)4)56(95)74-37(25-78)53(92)71-34(13-15-45(84)85)57(96)77-19-8-10-39(77)54(93)65-23-42(80)67-38(58(97)98)27-101-100-26-30(60)47(86)66-24-43(81)76-18-7-11-40(76)55(94)70-32(12-14-44(82)83)48(87)69-33(16-20-99-5)49(88)72-35/h28-40,46,78H,6-27,60H2,1-5H3,(H2,61,79)(H,65,93)(H,66,86)(H,67,80)(H,68,91)(H,69,87)(H,70,94)(H,71,92)(H,72,88)(H,73,90)(H,74,95)(H,75,89)(H,82,83)(H,84,85)(H,97,98)(H4,62,63,64)/t30-,31-,32-,33-,34-,35-,36-,37-,38-,39-,40-,46-/m0/s1. The number of primary amides is 1. The molecule has 23 N–H and O–H groups in total. The molecule has 0 unspecified atom stereocenters. The average molecular weight is 1490 g/mol. The fraction of sp³-hybridized carbons (Fsp3) is 0.695. The Bertz CT molecular complexity index is 3020. The molecular weight excluding hydrogens is 1390 g/mol. The second-order valence-corrected chi connectivity index (χ2v) is 28.3. The van der Waals surface area contributed by atoms with Gasteiger partial charge in [-0.2, -0.15) is 11.8 Å². The second kappa shape index (κ2) is 43.8. The van der Waals surface area contributed by atoms with Gasteiger partial charge in [-0.05, 0) is 88.1 Å². The number of aliphatic hydroxyl groups is 1. The van der Waals surface area contributed by atoms with E-state index in [-0.39, 0.29) is 100 Å². The van der Waals surface area contributed by atoms with Crippen LogP contribution in [0.3, 0.4) is 0 Å². The molecule has 0 aliphatic carbocycles. The summed E-state index contributed by atoms with van der Waals surface area (Å²) in [5, 5.41) is 66.2. The van der Waals surface area contributed by atoms with Crippen molar-refractivity contribution in [3.05, 3.63) is 0 Å². The minimum Gasteiger partial charge on any atom is -0.481 e. The van der Waals surface area contributed by atoms with E-state index in [0.717, 1.165) is 31.4 Å². The number of amides is 14. The van der Waals surface area contributed by atoms with Crippen LogP contribution in [-0.2, 0) is 81.5 Å². The Morgan fingerprint density at radius 3 is 1.61 bits per heavy atom. The zero-order valence-corrected chi connectivity index (χ0v) is 59.2. The van der Waals surface area contributed by atoms with Gasteiger partial charge in [0.15, 0.2) is 5.96 Å². The molecule has 0 aromatic rings. The largest absolute Gasteiger partial charge is 0.481 e. The highest BCUT2D eigenvalue weighted by molar-refractivity contribution is 8.76. The lowest BCUT2D eigenvalue weighted by Gasteiger charge is -2.30. The van der Waals surface area contributed by atoms with Crippen molar-refractivity contribution in [1.82, 2.24) is 68.3 Å². The number of aliphatic imine (C=N–C) groups is 1. The van der Waals surface area contributed by atoms with Crippen LogP contribution in [0.25, 0.3) is 0 Å². The predicted molar refractivity (Wildman–Crippen MR) is 365 cm³/mol. The Labute approximate surface area is 593 Å². The van der Waals surface area contributed by atoms with Gasteiger partial charge in [0.25, 0.3) is 0 Å². The summed E-state index contributed by atoms with van der Waals surface area (Å²) in [6.07, 6.45) is -1.66. The maximum atomic E-state index is 14.4. The number of hydrogen-bond donors (Lipinski definition) is 19. The molecule has 39 nitrogen and oxygen atoms in total. The molecular formula is C59H96N18O21S3. The van der Waals surface area contributed by atoms with E-state index in [4.69, 9.17) is 22.9 Å². The van der Waals surface area contributed by atoms with E-state index in [2.05, 4.69) is 63.5 Å². The number of fused-ring (bicyclic) bond motifs is 2. The van der Waals surface area contributed by atoms with Crippen molar-refractivity contribution in [2.45, 2.75) is 184 Å². The van der Waals surface area contributed by atoms with Crippen LogP contribution in [0.1, 0.15) is 111 Å². The molecule has 3 rings (SSSR count). The normalized spacial score (nSPS) is 26.5. The number of carbonyl (C=O) groups is 17. The van der Waals surface area contributed by atoms with Gasteiger partial charge >= 0.3 is 17.9 Å². The number of carboxylic acid groups (broad SMARTS) is 3. The van der Waals surface area contributed by atoms with Crippen LogP contribution < -0.4 is 81.4 Å². The van der Waals surface area contributed by atoms with Gasteiger partial charge in [-0.1, -0.05) is 49.3 Å². The van der Waals surface area contributed by atoms with Crippen LogP contribution in [0.2, 0.25) is 0 Å². The molecule has 0 bridgehead atoms. The zero-order chi connectivity index (χ0) is 75.8. The van der Waals surface area contributed by atoms with Crippen LogP contribution in [0.15, 0.2) is 4.99 Å². The van der Waals surface area contributed by atoms with Crippen molar-refractivity contribution < 1.29 is 102 Å². The molecule has 0 aromatic carbocycles. The first-order valence-electron chi connectivity index (χ1n) is 32.6.